The van der Waals surface area contributed by atoms with Crippen LogP contribution in [-0.4, -0.2) is 44.9 Å². The number of hydrogen-bond acceptors (Lipinski definition) is 4. The van der Waals surface area contributed by atoms with Crippen LogP contribution in [0.4, 0.5) is 5.69 Å². The maximum Gasteiger partial charge on any atom is 0.242 e. The first kappa shape index (κ1) is 14.8. The van der Waals surface area contributed by atoms with Crippen molar-refractivity contribution < 1.29 is 8.42 Å². The van der Waals surface area contributed by atoms with Crippen molar-refractivity contribution in [3.63, 3.8) is 0 Å². The summed E-state index contributed by atoms with van der Waals surface area (Å²) in [5.41, 5.74) is 7.22. The summed E-state index contributed by atoms with van der Waals surface area (Å²) < 4.78 is 25.4. The summed E-state index contributed by atoms with van der Waals surface area (Å²) in [5.74, 6) is 0. The largest absolute Gasteiger partial charge is 0.365 e. The summed E-state index contributed by atoms with van der Waals surface area (Å²) in [6, 6.07) is 8.60. The summed E-state index contributed by atoms with van der Waals surface area (Å²) in [7, 11) is -0.248. The monoisotopic (exact) mass is 309 g/mol. The Labute approximate surface area is 126 Å². The van der Waals surface area contributed by atoms with Crippen LogP contribution in [0, 0.1) is 0 Å². The molecule has 2 fully saturated rings. The number of nitrogens with two attached hydrogens (primary N) is 1. The number of nitrogens with zero attached hydrogens (tertiary/aromatic N) is 2. The molecule has 6 heteroatoms. The molecule has 0 saturated carbocycles. The van der Waals surface area contributed by atoms with Crippen molar-refractivity contribution in [3.05, 3.63) is 24.3 Å². The Morgan fingerprint density at radius 1 is 1.10 bits per heavy atom. The second-order valence-corrected chi connectivity index (χ2v) is 8.46. The van der Waals surface area contributed by atoms with E-state index in [1.807, 2.05) is 12.1 Å². The summed E-state index contributed by atoms with van der Waals surface area (Å²) in [4.78, 5) is 2.78. The van der Waals surface area contributed by atoms with Gasteiger partial charge in [0.2, 0.25) is 10.0 Å². The number of rotatable bonds is 3. The van der Waals surface area contributed by atoms with Gasteiger partial charge in [-0.1, -0.05) is 0 Å². The summed E-state index contributed by atoms with van der Waals surface area (Å²) >= 11 is 0. The van der Waals surface area contributed by atoms with E-state index in [2.05, 4.69) is 4.90 Å². The number of piperidine rings is 1. The zero-order valence-electron chi connectivity index (χ0n) is 12.6. The van der Waals surface area contributed by atoms with Crippen molar-refractivity contribution >= 4 is 15.7 Å². The van der Waals surface area contributed by atoms with Crippen LogP contribution in [-0.2, 0) is 10.0 Å². The van der Waals surface area contributed by atoms with Crippen LogP contribution in [0.3, 0.4) is 0 Å². The molecule has 2 heterocycles. The first-order chi connectivity index (χ1) is 9.89. The lowest BCUT2D eigenvalue weighted by atomic mass is 9.97. The van der Waals surface area contributed by atoms with Crippen LogP contribution in [0.1, 0.15) is 25.7 Å². The van der Waals surface area contributed by atoms with Gasteiger partial charge in [0, 0.05) is 37.9 Å². The van der Waals surface area contributed by atoms with Crippen LogP contribution in [0.2, 0.25) is 0 Å². The Balaban J connectivity index is 1.86. The fraction of sp³-hybridized carbons (Fsp3) is 0.600. The number of benzene rings is 1. The lowest BCUT2D eigenvalue weighted by molar-refractivity contribution is 0.414. The molecule has 5 nitrogen and oxygen atoms in total. The molecule has 2 N–H and O–H groups in total. The van der Waals surface area contributed by atoms with Gasteiger partial charge in [-0.25, -0.2) is 12.7 Å². The highest BCUT2D eigenvalue weighted by atomic mass is 32.2. The minimum absolute atomic E-state index is 0.312. The predicted octanol–water partition coefficient (Wildman–Crippen LogP) is 1.40. The number of sulfonamides is 1. The molecule has 21 heavy (non-hydrogen) atoms. The van der Waals surface area contributed by atoms with E-state index in [1.54, 1.807) is 26.2 Å². The van der Waals surface area contributed by atoms with Gasteiger partial charge >= 0.3 is 0 Å². The molecule has 0 radical (unpaired) electrons. The Bertz CT molecular complexity index is 598. The van der Waals surface area contributed by atoms with Gasteiger partial charge in [0.25, 0.3) is 0 Å². The van der Waals surface area contributed by atoms with Crippen molar-refractivity contribution in [1.82, 2.24) is 4.31 Å². The van der Waals surface area contributed by atoms with Crippen molar-refractivity contribution in [2.45, 2.75) is 48.7 Å². The van der Waals surface area contributed by atoms with E-state index in [0.29, 0.717) is 23.0 Å². The molecule has 2 saturated heterocycles. The second-order valence-electron chi connectivity index (χ2n) is 6.31. The van der Waals surface area contributed by atoms with Crippen molar-refractivity contribution in [3.8, 4) is 0 Å². The Kier molecular flexibility index (Phi) is 3.71. The number of fused-ring (bicyclic) bond motifs is 2. The summed E-state index contributed by atoms with van der Waals surface area (Å²) in [6.07, 6.45) is 4.45. The van der Waals surface area contributed by atoms with Crippen molar-refractivity contribution in [2.75, 3.05) is 19.0 Å². The zero-order chi connectivity index (χ0) is 15.2. The smallest absolute Gasteiger partial charge is 0.242 e. The fourth-order valence-corrected chi connectivity index (χ4v) is 4.54. The summed E-state index contributed by atoms with van der Waals surface area (Å²) in [5, 5.41) is 0. The van der Waals surface area contributed by atoms with E-state index >= 15 is 0 Å². The maximum absolute atomic E-state index is 12.1. The standard InChI is InChI=1S/C15H23N3O2S/c1-17(2)21(19,20)15-7-5-12(6-8-15)18-13-3-4-14(18)10-11(16)9-13/h5-8,11,13-14H,3-4,9-10,16H2,1-2H3. The molecule has 2 atom stereocenters. The van der Waals surface area contributed by atoms with E-state index in [1.165, 1.54) is 17.1 Å². The third-order valence-corrected chi connectivity index (χ3v) is 6.51. The third kappa shape index (κ3) is 2.56. The minimum atomic E-state index is -3.35. The average Bonchev–Trinajstić information content (AvgIpc) is 2.71. The molecule has 0 amide bonds. The molecule has 1 aromatic carbocycles. The molecular formula is C15H23N3O2S. The molecule has 116 valence electrons. The van der Waals surface area contributed by atoms with Gasteiger partial charge < -0.3 is 10.6 Å². The second kappa shape index (κ2) is 5.26. The lowest BCUT2D eigenvalue weighted by Gasteiger charge is -2.39. The minimum Gasteiger partial charge on any atom is -0.365 e. The number of hydrogen-bond donors (Lipinski definition) is 1. The van der Waals surface area contributed by atoms with E-state index < -0.39 is 10.0 Å². The van der Waals surface area contributed by atoms with Crippen molar-refractivity contribution in [1.29, 1.82) is 0 Å². The Morgan fingerprint density at radius 2 is 1.62 bits per heavy atom. The maximum atomic E-state index is 12.1. The van der Waals surface area contributed by atoms with Crippen LogP contribution in [0.25, 0.3) is 0 Å². The van der Waals surface area contributed by atoms with E-state index in [4.69, 9.17) is 5.73 Å². The predicted molar refractivity (Wildman–Crippen MR) is 83.8 cm³/mol. The molecule has 0 aliphatic carbocycles. The third-order valence-electron chi connectivity index (χ3n) is 4.68. The topological polar surface area (TPSA) is 66.6 Å². The van der Waals surface area contributed by atoms with Gasteiger partial charge in [-0.3, -0.25) is 0 Å². The van der Waals surface area contributed by atoms with Crippen LogP contribution >= 0.6 is 0 Å². The Hall–Kier alpha value is -1.11. The van der Waals surface area contributed by atoms with Gasteiger partial charge in [0.05, 0.1) is 4.90 Å². The molecule has 2 unspecified atom stereocenters. The van der Waals surface area contributed by atoms with E-state index in [-0.39, 0.29) is 0 Å². The molecule has 0 spiro atoms. The summed E-state index contributed by atoms with van der Waals surface area (Å²) in [6.45, 7) is 0. The molecular weight excluding hydrogens is 286 g/mol. The van der Waals surface area contributed by atoms with Gasteiger partial charge in [-0.05, 0) is 49.9 Å². The lowest BCUT2D eigenvalue weighted by Crippen LogP contribution is -2.47. The number of anilines is 1. The van der Waals surface area contributed by atoms with Crippen LogP contribution in [0.15, 0.2) is 29.2 Å². The molecule has 2 bridgehead atoms. The normalized spacial score (nSPS) is 29.1. The average molecular weight is 309 g/mol. The van der Waals surface area contributed by atoms with Crippen molar-refractivity contribution in [2.24, 2.45) is 5.73 Å². The first-order valence-electron chi connectivity index (χ1n) is 7.46. The van der Waals surface area contributed by atoms with Crippen LogP contribution in [0.5, 0.6) is 0 Å². The highest BCUT2D eigenvalue weighted by molar-refractivity contribution is 7.89. The van der Waals surface area contributed by atoms with Gasteiger partial charge in [0.1, 0.15) is 0 Å². The highest BCUT2D eigenvalue weighted by Crippen LogP contribution is 2.39. The first-order valence-corrected chi connectivity index (χ1v) is 8.90. The Morgan fingerprint density at radius 3 is 2.10 bits per heavy atom. The van der Waals surface area contributed by atoms with E-state index in [0.717, 1.165) is 18.5 Å². The van der Waals surface area contributed by atoms with Crippen LogP contribution < -0.4 is 10.6 Å². The van der Waals surface area contributed by atoms with Gasteiger partial charge in [-0.15, -0.1) is 0 Å². The fourth-order valence-electron chi connectivity index (χ4n) is 3.64. The zero-order valence-corrected chi connectivity index (χ0v) is 13.4. The quantitative estimate of drug-likeness (QED) is 0.916. The molecule has 3 rings (SSSR count). The molecule has 1 aromatic rings. The highest BCUT2D eigenvalue weighted by Gasteiger charge is 2.39. The molecule has 2 aliphatic heterocycles. The molecule has 0 aromatic heterocycles. The SMILES string of the molecule is CN(C)S(=O)(=O)c1ccc(N2C3CCC2CC(N)C3)cc1. The van der Waals surface area contributed by atoms with Gasteiger partial charge in [-0.2, -0.15) is 0 Å². The van der Waals surface area contributed by atoms with E-state index in [9.17, 15) is 8.42 Å². The van der Waals surface area contributed by atoms with Gasteiger partial charge in [0.15, 0.2) is 0 Å². The molecule has 2 aliphatic rings.